The Kier molecular flexibility index (Phi) is 3.85. The highest BCUT2D eigenvalue weighted by atomic mass is 15.4. The third-order valence-corrected chi connectivity index (χ3v) is 4.15. The monoisotopic (exact) mass is 330 g/mol. The second-order valence-corrected chi connectivity index (χ2v) is 6.18. The Labute approximate surface area is 145 Å². The zero-order valence-corrected chi connectivity index (χ0v) is 14.1. The van der Waals surface area contributed by atoms with Crippen molar-refractivity contribution in [3.8, 4) is 0 Å². The SMILES string of the molecule is CC(C)c1ccc(C=NNc2nn3cnnc3c3ccccc23)cc1. The Bertz CT molecular complexity index is 1050. The van der Waals surface area contributed by atoms with Gasteiger partial charge >= 0.3 is 0 Å². The summed E-state index contributed by atoms with van der Waals surface area (Å²) < 4.78 is 1.65. The number of hydrazone groups is 1. The van der Waals surface area contributed by atoms with Crippen molar-refractivity contribution in [2.75, 3.05) is 5.43 Å². The zero-order chi connectivity index (χ0) is 17.2. The molecule has 4 rings (SSSR count). The molecule has 0 bridgehead atoms. The lowest BCUT2D eigenvalue weighted by molar-refractivity contribution is 0.866. The summed E-state index contributed by atoms with van der Waals surface area (Å²) >= 11 is 0. The second kappa shape index (κ2) is 6.32. The van der Waals surface area contributed by atoms with Crippen LogP contribution in [0.25, 0.3) is 16.4 Å². The predicted octanol–water partition coefficient (Wildman–Crippen LogP) is 3.85. The first-order valence-corrected chi connectivity index (χ1v) is 8.20. The van der Waals surface area contributed by atoms with Crippen molar-refractivity contribution >= 4 is 28.5 Å². The first-order chi connectivity index (χ1) is 12.2. The van der Waals surface area contributed by atoms with Gasteiger partial charge in [-0.15, -0.1) is 15.3 Å². The smallest absolute Gasteiger partial charge is 0.185 e. The number of hydrogen-bond acceptors (Lipinski definition) is 5. The molecule has 0 saturated heterocycles. The van der Waals surface area contributed by atoms with E-state index in [4.69, 9.17) is 0 Å². The Balaban J connectivity index is 1.63. The molecule has 1 N–H and O–H groups in total. The van der Waals surface area contributed by atoms with Gasteiger partial charge < -0.3 is 0 Å². The third kappa shape index (κ3) is 2.94. The lowest BCUT2D eigenvalue weighted by Gasteiger charge is -2.06. The predicted molar refractivity (Wildman–Crippen MR) is 100 cm³/mol. The van der Waals surface area contributed by atoms with Crippen molar-refractivity contribution in [1.29, 1.82) is 0 Å². The highest BCUT2D eigenvalue weighted by Crippen LogP contribution is 2.23. The van der Waals surface area contributed by atoms with Gasteiger partial charge in [-0.2, -0.15) is 9.62 Å². The van der Waals surface area contributed by atoms with Gasteiger partial charge in [-0.3, -0.25) is 5.43 Å². The molecule has 0 aliphatic rings. The van der Waals surface area contributed by atoms with Gasteiger partial charge in [0.1, 0.15) is 6.33 Å². The molecule has 0 amide bonds. The van der Waals surface area contributed by atoms with Crippen molar-refractivity contribution in [3.05, 3.63) is 66.0 Å². The summed E-state index contributed by atoms with van der Waals surface area (Å²) in [7, 11) is 0. The molecular formula is C19H18N6. The number of fused-ring (bicyclic) bond motifs is 3. The van der Waals surface area contributed by atoms with Gasteiger partial charge in [-0.1, -0.05) is 62.4 Å². The molecule has 0 atom stereocenters. The molecule has 124 valence electrons. The van der Waals surface area contributed by atoms with E-state index >= 15 is 0 Å². The topological polar surface area (TPSA) is 67.5 Å². The van der Waals surface area contributed by atoms with Crippen molar-refractivity contribution < 1.29 is 0 Å². The molecule has 0 aliphatic heterocycles. The van der Waals surface area contributed by atoms with Crippen molar-refractivity contribution in [1.82, 2.24) is 19.8 Å². The number of aromatic nitrogens is 4. The number of nitrogens with one attached hydrogen (secondary N) is 1. The first-order valence-electron chi connectivity index (χ1n) is 8.20. The van der Waals surface area contributed by atoms with Gasteiger partial charge in [0, 0.05) is 10.8 Å². The molecule has 6 heteroatoms. The fourth-order valence-corrected chi connectivity index (χ4v) is 2.74. The van der Waals surface area contributed by atoms with Crippen molar-refractivity contribution in [2.24, 2.45) is 5.10 Å². The summed E-state index contributed by atoms with van der Waals surface area (Å²) in [5.41, 5.74) is 6.12. The largest absolute Gasteiger partial charge is 0.259 e. The maximum atomic E-state index is 4.50. The normalized spacial score (nSPS) is 11.8. The molecule has 2 aromatic heterocycles. The van der Waals surface area contributed by atoms with E-state index in [0.29, 0.717) is 11.7 Å². The van der Waals surface area contributed by atoms with Crippen LogP contribution in [0, 0.1) is 0 Å². The van der Waals surface area contributed by atoms with E-state index in [0.717, 1.165) is 22.0 Å². The Hall–Kier alpha value is -3.28. The highest BCUT2D eigenvalue weighted by Gasteiger charge is 2.08. The van der Waals surface area contributed by atoms with Gasteiger partial charge in [0.25, 0.3) is 0 Å². The number of hydrogen-bond donors (Lipinski definition) is 1. The number of rotatable bonds is 4. The molecule has 0 fully saturated rings. The molecule has 0 spiro atoms. The molecule has 2 aromatic carbocycles. The van der Waals surface area contributed by atoms with Gasteiger partial charge in [-0.05, 0) is 17.0 Å². The minimum absolute atomic E-state index is 0.523. The Morgan fingerprint density at radius 2 is 1.80 bits per heavy atom. The van der Waals surface area contributed by atoms with Gasteiger partial charge in [0.15, 0.2) is 11.5 Å². The van der Waals surface area contributed by atoms with Crippen LogP contribution in [-0.2, 0) is 0 Å². The van der Waals surface area contributed by atoms with Crippen LogP contribution >= 0.6 is 0 Å². The summed E-state index contributed by atoms with van der Waals surface area (Å²) in [6, 6.07) is 16.3. The minimum atomic E-state index is 0.523. The van der Waals surface area contributed by atoms with E-state index in [9.17, 15) is 0 Å². The summed E-state index contributed by atoms with van der Waals surface area (Å²) in [6.07, 6.45) is 3.37. The number of benzene rings is 2. The second-order valence-electron chi connectivity index (χ2n) is 6.18. The average Bonchev–Trinajstić information content (AvgIpc) is 3.11. The molecule has 0 saturated carbocycles. The van der Waals surface area contributed by atoms with E-state index in [2.05, 4.69) is 63.9 Å². The molecule has 4 aromatic rings. The maximum absolute atomic E-state index is 4.50. The maximum Gasteiger partial charge on any atom is 0.185 e. The van der Waals surface area contributed by atoms with E-state index in [1.54, 1.807) is 17.1 Å². The zero-order valence-electron chi connectivity index (χ0n) is 14.1. The fourth-order valence-electron chi connectivity index (χ4n) is 2.74. The van der Waals surface area contributed by atoms with E-state index < -0.39 is 0 Å². The molecule has 0 aliphatic carbocycles. The summed E-state index contributed by atoms with van der Waals surface area (Å²) in [5, 5.41) is 18.8. The van der Waals surface area contributed by atoms with Crippen LogP contribution < -0.4 is 5.43 Å². The molecule has 6 nitrogen and oxygen atoms in total. The highest BCUT2D eigenvalue weighted by molar-refractivity contribution is 5.99. The third-order valence-electron chi connectivity index (χ3n) is 4.15. The van der Waals surface area contributed by atoms with Gasteiger partial charge in [-0.25, -0.2) is 0 Å². The lowest BCUT2D eigenvalue weighted by Crippen LogP contribution is -2.00. The van der Waals surface area contributed by atoms with Crippen LogP contribution in [0.15, 0.2) is 60.0 Å². The average molecular weight is 330 g/mol. The molecular weight excluding hydrogens is 312 g/mol. The molecule has 0 unspecified atom stereocenters. The first kappa shape index (κ1) is 15.3. The van der Waals surface area contributed by atoms with Crippen LogP contribution in [0.4, 0.5) is 5.82 Å². The van der Waals surface area contributed by atoms with E-state index in [1.807, 2.05) is 24.3 Å². The summed E-state index contributed by atoms with van der Waals surface area (Å²) in [6.45, 7) is 4.37. The minimum Gasteiger partial charge on any atom is -0.259 e. The van der Waals surface area contributed by atoms with Crippen molar-refractivity contribution in [3.63, 3.8) is 0 Å². The van der Waals surface area contributed by atoms with Gasteiger partial charge in [0.05, 0.1) is 6.21 Å². The summed E-state index contributed by atoms with van der Waals surface area (Å²) in [5.74, 6) is 1.19. The van der Waals surface area contributed by atoms with Crippen LogP contribution in [0.1, 0.15) is 30.9 Å². The standard InChI is InChI=1S/C19H18N6/c1-13(2)15-9-7-14(8-10-15)11-20-22-18-16-5-3-4-6-17(16)19-23-21-12-25(19)24-18/h3-13H,1-2H3,(H,22,24). The van der Waals surface area contributed by atoms with E-state index in [-0.39, 0.29) is 0 Å². The lowest BCUT2D eigenvalue weighted by atomic mass is 10.0. The Morgan fingerprint density at radius 3 is 2.56 bits per heavy atom. The van der Waals surface area contributed by atoms with Crippen LogP contribution in [0.5, 0.6) is 0 Å². The van der Waals surface area contributed by atoms with Crippen LogP contribution in [-0.4, -0.2) is 26.0 Å². The van der Waals surface area contributed by atoms with E-state index in [1.165, 1.54) is 5.56 Å². The molecule has 25 heavy (non-hydrogen) atoms. The van der Waals surface area contributed by atoms with Crippen LogP contribution in [0.3, 0.4) is 0 Å². The van der Waals surface area contributed by atoms with Crippen molar-refractivity contribution in [2.45, 2.75) is 19.8 Å². The Morgan fingerprint density at radius 1 is 1.04 bits per heavy atom. The molecule has 0 radical (unpaired) electrons. The van der Waals surface area contributed by atoms with Gasteiger partial charge in [0.2, 0.25) is 0 Å². The number of nitrogens with zero attached hydrogens (tertiary/aromatic N) is 5. The fraction of sp³-hybridized carbons (Fsp3) is 0.158. The summed E-state index contributed by atoms with van der Waals surface area (Å²) in [4.78, 5) is 0. The number of anilines is 1. The van der Waals surface area contributed by atoms with Crippen LogP contribution in [0.2, 0.25) is 0 Å². The quantitative estimate of drug-likeness (QED) is 0.456. The molecule has 2 heterocycles.